The number of likely N-dealkylation sites (N-methyl/N-ethyl adjacent to an activating group) is 1. The van der Waals surface area contributed by atoms with E-state index in [0.717, 1.165) is 24.3 Å². The van der Waals surface area contributed by atoms with Gasteiger partial charge in [-0.2, -0.15) is 4.31 Å². The van der Waals surface area contributed by atoms with Crippen LogP contribution in [-0.4, -0.2) is 57.0 Å². The zero-order valence-electron chi connectivity index (χ0n) is 15.6. The second kappa shape index (κ2) is 6.82. The van der Waals surface area contributed by atoms with Gasteiger partial charge in [-0.05, 0) is 36.9 Å². The fourth-order valence-electron chi connectivity index (χ4n) is 3.89. The van der Waals surface area contributed by atoms with E-state index in [9.17, 15) is 8.42 Å². The van der Waals surface area contributed by atoms with Gasteiger partial charge in [-0.25, -0.2) is 8.42 Å². The lowest BCUT2D eigenvalue weighted by Gasteiger charge is -2.31. The summed E-state index contributed by atoms with van der Waals surface area (Å²) in [5, 5.41) is 0. The highest BCUT2D eigenvalue weighted by molar-refractivity contribution is 7.89. The molecule has 27 heavy (non-hydrogen) atoms. The highest BCUT2D eigenvalue weighted by Crippen LogP contribution is 2.38. The third-order valence-corrected chi connectivity index (χ3v) is 7.11. The van der Waals surface area contributed by atoms with E-state index >= 15 is 0 Å². The summed E-state index contributed by atoms with van der Waals surface area (Å²) in [6.45, 7) is 2.23. The molecular weight excluding hydrogens is 364 g/mol. The van der Waals surface area contributed by atoms with Crippen molar-refractivity contribution in [3.63, 3.8) is 0 Å². The fourth-order valence-corrected chi connectivity index (χ4v) is 5.51. The van der Waals surface area contributed by atoms with Gasteiger partial charge in [0.15, 0.2) is 0 Å². The van der Waals surface area contributed by atoms with Gasteiger partial charge < -0.3 is 14.4 Å². The first-order valence-electron chi connectivity index (χ1n) is 9.02. The Bertz CT molecular complexity index is 929. The van der Waals surface area contributed by atoms with Gasteiger partial charge in [0.2, 0.25) is 10.0 Å². The van der Waals surface area contributed by atoms with Crippen LogP contribution in [0, 0.1) is 0 Å². The molecule has 2 aliphatic heterocycles. The average Bonchev–Trinajstić information content (AvgIpc) is 2.98. The monoisotopic (exact) mass is 388 g/mol. The summed E-state index contributed by atoms with van der Waals surface area (Å²) in [4.78, 5) is 2.43. The topological polar surface area (TPSA) is 59.1 Å². The van der Waals surface area contributed by atoms with Crippen molar-refractivity contribution in [1.82, 2.24) is 9.21 Å². The second-order valence-electron chi connectivity index (χ2n) is 7.34. The van der Waals surface area contributed by atoms with Gasteiger partial charge in [0, 0.05) is 26.1 Å². The van der Waals surface area contributed by atoms with Crippen molar-refractivity contribution in [1.29, 1.82) is 0 Å². The lowest BCUT2D eigenvalue weighted by Crippen LogP contribution is -2.48. The van der Waals surface area contributed by atoms with Gasteiger partial charge in [0.1, 0.15) is 22.0 Å². The number of hydrogen-bond donors (Lipinski definition) is 0. The van der Waals surface area contributed by atoms with Gasteiger partial charge in [-0.3, -0.25) is 0 Å². The number of ether oxygens (including phenoxy) is 2. The van der Waals surface area contributed by atoms with E-state index in [1.807, 2.05) is 37.4 Å². The molecule has 1 fully saturated rings. The van der Waals surface area contributed by atoms with Crippen molar-refractivity contribution in [2.75, 3.05) is 33.8 Å². The number of likely N-dealkylation sites (tertiary alicyclic amines) is 1. The van der Waals surface area contributed by atoms with Crippen molar-refractivity contribution in [2.24, 2.45) is 0 Å². The molecule has 0 radical (unpaired) electrons. The van der Waals surface area contributed by atoms with Crippen LogP contribution in [0.25, 0.3) is 0 Å². The number of rotatable bonds is 3. The maximum absolute atomic E-state index is 13.4. The molecule has 0 N–H and O–H groups in total. The smallest absolute Gasteiger partial charge is 0.247 e. The van der Waals surface area contributed by atoms with Crippen molar-refractivity contribution >= 4 is 10.0 Å². The zero-order chi connectivity index (χ0) is 19.1. The Balaban J connectivity index is 1.74. The molecule has 1 unspecified atom stereocenters. The summed E-state index contributed by atoms with van der Waals surface area (Å²) < 4.78 is 39.8. The molecular formula is C20H24N2O4S. The third-order valence-electron chi connectivity index (χ3n) is 5.28. The van der Waals surface area contributed by atoms with E-state index in [-0.39, 0.29) is 4.90 Å². The molecule has 0 aromatic heterocycles. The summed E-state index contributed by atoms with van der Waals surface area (Å²) in [6.07, 6.45) is 0.798. The van der Waals surface area contributed by atoms with Gasteiger partial charge in [-0.1, -0.05) is 24.3 Å². The van der Waals surface area contributed by atoms with Gasteiger partial charge in [-0.15, -0.1) is 0 Å². The summed E-state index contributed by atoms with van der Waals surface area (Å²) in [5.41, 5.74) is 0.390. The summed E-state index contributed by atoms with van der Waals surface area (Å²) in [7, 11) is -0.00267. The highest BCUT2D eigenvalue weighted by Gasteiger charge is 2.46. The number of sulfonamides is 1. The predicted octanol–water partition coefficient (Wildman–Crippen LogP) is 2.35. The second-order valence-corrected chi connectivity index (χ2v) is 9.25. The largest absolute Gasteiger partial charge is 0.497 e. The van der Waals surface area contributed by atoms with Crippen molar-refractivity contribution < 1.29 is 17.9 Å². The Morgan fingerprint density at radius 1 is 1.11 bits per heavy atom. The lowest BCUT2D eigenvalue weighted by atomic mass is 10.0. The van der Waals surface area contributed by atoms with Gasteiger partial charge in [0.25, 0.3) is 0 Å². The molecule has 0 amide bonds. The minimum atomic E-state index is -3.66. The standard InChI is InChI=1S/C20H24N2O4S/c1-21-12-11-20(14-21)15-22(13-16-7-9-17(25-2)10-8-16)27(23,24)19-6-4-3-5-18(19)26-20/h3-10H,11-15H2,1-2H3. The third kappa shape index (κ3) is 3.42. The molecule has 6 nitrogen and oxygen atoms in total. The first kappa shape index (κ1) is 18.3. The maximum Gasteiger partial charge on any atom is 0.247 e. The van der Waals surface area contributed by atoms with E-state index in [4.69, 9.17) is 9.47 Å². The SMILES string of the molecule is COc1ccc(CN2CC3(CCN(C)C3)Oc3ccccc3S2(=O)=O)cc1. The normalized spacial score (nSPS) is 25.0. The molecule has 1 atom stereocenters. The predicted molar refractivity (Wildman–Crippen MR) is 103 cm³/mol. The fraction of sp³-hybridized carbons (Fsp3) is 0.400. The quantitative estimate of drug-likeness (QED) is 0.808. The van der Waals surface area contributed by atoms with Crippen LogP contribution >= 0.6 is 0 Å². The minimum absolute atomic E-state index is 0.241. The Morgan fingerprint density at radius 3 is 2.52 bits per heavy atom. The molecule has 7 heteroatoms. The maximum atomic E-state index is 13.4. The van der Waals surface area contributed by atoms with Crippen LogP contribution in [0.1, 0.15) is 12.0 Å². The van der Waals surface area contributed by atoms with Gasteiger partial charge in [0.05, 0.1) is 13.7 Å². The van der Waals surface area contributed by atoms with Crippen LogP contribution in [-0.2, 0) is 16.6 Å². The molecule has 1 saturated heterocycles. The molecule has 2 aliphatic rings. The van der Waals surface area contributed by atoms with Crippen LogP contribution in [0.2, 0.25) is 0 Å². The Labute approximate surface area is 160 Å². The van der Waals surface area contributed by atoms with Crippen LogP contribution in [0.4, 0.5) is 0 Å². The molecule has 0 aliphatic carbocycles. The summed E-state index contributed by atoms with van der Waals surface area (Å²) in [5.74, 6) is 1.20. The lowest BCUT2D eigenvalue weighted by molar-refractivity contribution is 0.0605. The number of benzene rings is 2. The van der Waals surface area contributed by atoms with Crippen LogP contribution in [0.15, 0.2) is 53.4 Å². The first-order chi connectivity index (χ1) is 12.9. The molecule has 2 aromatic carbocycles. The van der Waals surface area contributed by atoms with E-state index in [1.165, 1.54) is 0 Å². The highest BCUT2D eigenvalue weighted by atomic mass is 32.2. The van der Waals surface area contributed by atoms with Crippen LogP contribution in [0.3, 0.4) is 0 Å². The van der Waals surface area contributed by atoms with Crippen molar-refractivity contribution in [3.05, 3.63) is 54.1 Å². The average molecular weight is 388 g/mol. The molecule has 1 spiro atoms. The Morgan fingerprint density at radius 2 is 1.85 bits per heavy atom. The summed E-state index contributed by atoms with van der Waals surface area (Å²) >= 11 is 0. The van der Waals surface area contributed by atoms with Crippen molar-refractivity contribution in [3.8, 4) is 11.5 Å². The number of fused-ring (bicyclic) bond motifs is 1. The number of nitrogens with zero attached hydrogens (tertiary/aromatic N) is 2. The minimum Gasteiger partial charge on any atom is -0.497 e. The number of methoxy groups -OCH3 is 1. The molecule has 0 bridgehead atoms. The van der Waals surface area contributed by atoms with Crippen LogP contribution < -0.4 is 9.47 Å². The summed E-state index contributed by atoms with van der Waals surface area (Å²) in [6, 6.07) is 14.4. The first-order valence-corrected chi connectivity index (χ1v) is 10.5. The molecule has 144 valence electrons. The zero-order valence-corrected chi connectivity index (χ0v) is 16.4. The van der Waals surface area contributed by atoms with E-state index in [1.54, 1.807) is 29.6 Å². The number of para-hydroxylation sites is 1. The van der Waals surface area contributed by atoms with E-state index < -0.39 is 15.6 Å². The van der Waals surface area contributed by atoms with E-state index in [2.05, 4.69) is 4.90 Å². The molecule has 4 rings (SSSR count). The number of hydrogen-bond acceptors (Lipinski definition) is 5. The molecule has 0 saturated carbocycles. The Hall–Kier alpha value is -2.09. The van der Waals surface area contributed by atoms with Gasteiger partial charge >= 0.3 is 0 Å². The van der Waals surface area contributed by atoms with E-state index in [0.29, 0.717) is 25.4 Å². The van der Waals surface area contributed by atoms with Crippen LogP contribution in [0.5, 0.6) is 11.5 Å². The Kier molecular flexibility index (Phi) is 4.61. The van der Waals surface area contributed by atoms with Crippen molar-refractivity contribution in [2.45, 2.75) is 23.5 Å². The molecule has 2 heterocycles. The molecule has 2 aromatic rings.